The predicted molar refractivity (Wildman–Crippen MR) is 116 cm³/mol. The van der Waals surface area contributed by atoms with Crippen LogP contribution in [0.4, 0.5) is 5.95 Å². The van der Waals surface area contributed by atoms with Crippen LogP contribution < -0.4 is 4.90 Å². The summed E-state index contributed by atoms with van der Waals surface area (Å²) in [6, 6.07) is 6.85. The zero-order valence-electron chi connectivity index (χ0n) is 16.5. The monoisotopic (exact) mass is 447 g/mol. The fourth-order valence-electron chi connectivity index (χ4n) is 4.01. The standard InChI is InChI=1S/C21H23Cl2N5O2/c22-17-4-1-3-16(18(17)23)20(30)27-13-11-26(12-14-27)19(29)15-5-9-28(10-6-15)21-24-7-2-8-25-21/h1-4,7-8,15H,5-6,9-14H2. The molecule has 0 saturated carbocycles. The van der Waals surface area contributed by atoms with Crippen molar-refractivity contribution >= 4 is 41.0 Å². The number of carbonyl (C=O) groups excluding carboxylic acids is 2. The van der Waals surface area contributed by atoms with E-state index < -0.39 is 0 Å². The van der Waals surface area contributed by atoms with Gasteiger partial charge in [0.1, 0.15) is 0 Å². The van der Waals surface area contributed by atoms with E-state index in [9.17, 15) is 9.59 Å². The smallest absolute Gasteiger partial charge is 0.255 e. The first-order valence-electron chi connectivity index (χ1n) is 10.1. The Bertz CT molecular complexity index is 911. The van der Waals surface area contributed by atoms with E-state index in [0.29, 0.717) is 36.8 Å². The molecule has 0 unspecified atom stereocenters. The Labute approximate surface area is 185 Å². The lowest BCUT2D eigenvalue weighted by Gasteiger charge is -2.38. The second kappa shape index (κ2) is 9.18. The number of hydrogen-bond donors (Lipinski definition) is 0. The fraction of sp³-hybridized carbons (Fsp3) is 0.429. The third-order valence-electron chi connectivity index (χ3n) is 5.74. The number of hydrogen-bond acceptors (Lipinski definition) is 5. The van der Waals surface area contributed by atoms with Crippen LogP contribution in [0.25, 0.3) is 0 Å². The number of aromatic nitrogens is 2. The van der Waals surface area contributed by atoms with Gasteiger partial charge in [0.05, 0.1) is 15.6 Å². The molecular weight excluding hydrogens is 425 g/mol. The van der Waals surface area contributed by atoms with Crippen molar-refractivity contribution in [1.82, 2.24) is 19.8 Å². The molecule has 2 saturated heterocycles. The van der Waals surface area contributed by atoms with Crippen LogP contribution in [0.15, 0.2) is 36.7 Å². The lowest BCUT2D eigenvalue weighted by molar-refractivity contribution is -0.137. The second-order valence-corrected chi connectivity index (χ2v) is 8.31. The number of benzene rings is 1. The van der Waals surface area contributed by atoms with Gasteiger partial charge >= 0.3 is 0 Å². The van der Waals surface area contributed by atoms with Crippen LogP contribution in [0.1, 0.15) is 23.2 Å². The quantitative estimate of drug-likeness (QED) is 0.722. The molecule has 1 aromatic heterocycles. The number of carbonyl (C=O) groups is 2. The lowest BCUT2D eigenvalue weighted by atomic mass is 9.95. The highest BCUT2D eigenvalue weighted by Gasteiger charge is 2.32. The lowest BCUT2D eigenvalue weighted by Crippen LogP contribution is -2.53. The van der Waals surface area contributed by atoms with E-state index in [2.05, 4.69) is 14.9 Å². The van der Waals surface area contributed by atoms with Gasteiger partial charge < -0.3 is 14.7 Å². The van der Waals surface area contributed by atoms with Gasteiger partial charge in [-0.05, 0) is 31.0 Å². The molecule has 158 valence electrons. The van der Waals surface area contributed by atoms with E-state index in [1.54, 1.807) is 41.6 Å². The minimum atomic E-state index is -0.147. The maximum atomic E-state index is 13.0. The summed E-state index contributed by atoms with van der Waals surface area (Å²) in [5, 5.41) is 0.639. The van der Waals surface area contributed by atoms with Gasteiger partial charge in [0, 0.05) is 57.6 Å². The van der Waals surface area contributed by atoms with Crippen LogP contribution in [-0.4, -0.2) is 70.9 Å². The molecule has 2 aliphatic rings. The summed E-state index contributed by atoms with van der Waals surface area (Å²) in [4.78, 5) is 40.1. The molecule has 3 heterocycles. The SMILES string of the molecule is O=C(c1cccc(Cl)c1Cl)N1CCN(C(=O)C2CCN(c3ncccn3)CC2)CC1. The molecule has 0 radical (unpaired) electrons. The Morgan fingerprint density at radius 2 is 1.50 bits per heavy atom. The largest absolute Gasteiger partial charge is 0.341 e. The molecule has 0 aliphatic carbocycles. The first-order valence-corrected chi connectivity index (χ1v) is 10.8. The highest BCUT2D eigenvalue weighted by atomic mass is 35.5. The van der Waals surface area contributed by atoms with Crippen molar-refractivity contribution in [3.05, 3.63) is 52.3 Å². The van der Waals surface area contributed by atoms with Gasteiger partial charge in [0.25, 0.3) is 5.91 Å². The maximum Gasteiger partial charge on any atom is 0.255 e. The van der Waals surface area contributed by atoms with Crippen LogP contribution in [0.5, 0.6) is 0 Å². The molecule has 0 spiro atoms. The third kappa shape index (κ3) is 4.37. The highest BCUT2D eigenvalue weighted by molar-refractivity contribution is 6.43. The van der Waals surface area contributed by atoms with Crippen molar-refractivity contribution < 1.29 is 9.59 Å². The summed E-state index contributed by atoms with van der Waals surface area (Å²) in [5.74, 6) is 0.757. The molecule has 2 fully saturated rings. The Hall–Kier alpha value is -2.38. The number of piperidine rings is 1. The molecule has 2 aliphatic heterocycles. The van der Waals surface area contributed by atoms with Gasteiger partial charge in [-0.2, -0.15) is 0 Å². The summed E-state index contributed by atoms with van der Waals surface area (Å²) in [7, 11) is 0. The molecule has 7 nitrogen and oxygen atoms in total. The molecule has 4 rings (SSSR count). The number of halogens is 2. The van der Waals surface area contributed by atoms with Crippen LogP contribution in [0.3, 0.4) is 0 Å². The molecule has 2 aromatic rings. The van der Waals surface area contributed by atoms with Crippen LogP contribution in [0, 0.1) is 5.92 Å². The van der Waals surface area contributed by atoms with Crippen molar-refractivity contribution in [1.29, 1.82) is 0 Å². The van der Waals surface area contributed by atoms with E-state index in [0.717, 1.165) is 31.9 Å². The van der Waals surface area contributed by atoms with Gasteiger partial charge in [-0.25, -0.2) is 9.97 Å². The zero-order chi connectivity index (χ0) is 21.1. The number of anilines is 1. The average molecular weight is 448 g/mol. The summed E-state index contributed by atoms with van der Waals surface area (Å²) in [6.45, 7) is 3.59. The number of nitrogens with zero attached hydrogens (tertiary/aromatic N) is 5. The van der Waals surface area contributed by atoms with Crippen molar-refractivity contribution in [3.8, 4) is 0 Å². The van der Waals surface area contributed by atoms with E-state index in [1.165, 1.54) is 0 Å². The van der Waals surface area contributed by atoms with Crippen molar-refractivity contribution in [2.45, 2.75) is 12.8 Å². The van der Waals surface area contributed by atoms with Crippen LogP contribution >= 0.6 is 23.2 Å². The average Bonchev–Trinajstić information content (AvgIpc) is 2.81. The van der Waals surface area contributed by atoms with Crippen molar-refractivity contribution in [2.24, 2.45) is 5.92 Å². The molecule has 30 heavy (non-hydrogen) atoms. The molecule has 0 bridgehead atoms. The van der Waals surface area contributed by atoms with Gasteiger partial charge in [-0.3, -0.25) is 9.59 Å². The van der Waals surface area contributed by atoms with Gasteiger partial charge in [-0.1, -0.05) is 29.3 Å². The van der Waals surface area contributed by atoms with E-state index in [4.69, 9.17) is 23.2 Å². The van der Waals surface area contributed by atoms with Crippen molar-refractivity contribution in [2.75, 3.05) is 44.2 Å². The fourth-order valence-corrected chi connectivity index (χ4v) is 4.39. The Balaban J connectivity index is 1.29. The molecule has 1 aromatic carbocycles. The number of piperazine rings is 1. The minimum absolute atomic E-state index is 0.00888. The molecule has 0 atom stereocenters. The van der Waals surface area contributed by atoms with Crippen LogP contribution in [-0.2, 0) is 4.79 Å². The van der Waals surface area contributed by atoms with E-state index >= 15 is 0 Å². The van der Waals surface area contributed by atoms with Gasteiger partial charge in [-0.15, -0.1) is 0 Å². The zero-order valence-corrected chi connectivity index (χ0v) is 18.0. The summed E-state index contributed by atoms with van der Waals surface area (Å²) >= 11 is 12.2. The molecular formula is C21H23Cl2N5O2. The topological polar surface area (TPSA) is 69.6 Å². The normalized spacial score (nSPS) is 17.9. The minimum Gasteiger partial charge on any atom is -0.341 e. The van der Waals surface area contributed by atoms with Crippen LogP contribution in [0.2, 0.25) is 10.0 Å². The highest BCUT2D eigenvalue weighted by Crippen LogP contribution is 2.27. The predicted octanol–water partition coefficient (Wildman–Crippen LogP) is 2.98. The molecule has 0 N–H and O–H groups in total. The maximum absolute atomic E-state index is 13.0. The van der Waals surface area contributed by atoms with Gasteiger partial charge in [0.2, 0.25) is 11.9 Å². The molecule has 2 amide bonds. The third-order valence-corrected chi connectivity index (χ3v) is 6.56. The second-order valence-electron chi connectivity index (χ2n) is 7.53. The first-order chi connectivity index (χ1) is 14.5. The molecule has 9 heteroatoms. The van der Waals surface area contributed by atoms with E-state index in [1.807, 2.05) is 4.90 Å². The van der Waals surface area contributed by atoms with E-state index in [-0.39, 0.29) is 22.8 Å². The Kier molecular flexibility index (Phi) is 6.39. The number of rotatable bonds is 3. The Morgan fingerprint density at radius 3 is 2.17 bits per heavy atom. The summed E-state index contributed by atoms with van der Waals surface area (Å²) in [5.41, 5.74) is 0.402. The first kappa shape index (κ1) is 20.9. The number of amides is 2. The summed E-state index contributed by atoms with van der Waals surface area (Å²) < 4.78 is 0. The van der Waals surface area contributed by atoms with Gasteiger partial charge in [0.15, 0.2) is 0 Å². The summed E-state index contributed by atoms with van der Waals surface area (Å²) in [6.07, 6.45) is 5.04. The van der Waals surface area contributed by atoms with Crippen molar-refractivity contribution in [3.63, 3.8) is 0 Å². The Morgan fingerprint density at radius 1 is 0.867 bits per heavy atom.